The van der Waals surface area contributed by atoms with Gasteiger partial charge in [0.25, 0.3) is 0 Å². The van der Waals surface area contributed by atoms with Crippen LogP contribution in [0.5, 0.6) is 0 Å². The summed E-state index contributed by atoms with van der Waals surface area (Å²) in [5.74, 6) is -0.253. The minimum absolute atomic E-state index is 0.233. The van der Waals surface area contributed by atoms with E-state index in [9.17, 15) is 13.2 Å². The van der Waals surface area contributed by atoms with Crippen LogP contribution in [0.3, 0.4) is 0 Å². The van der Waals surface area contributed by atoms with Crippen molar-refractivity contribution in [2.45, 2.75) is 38.2 Å². The molecular formula is C15H23NO4S. The Morgan fingerprint density at radius 1 is 1.14 bits per heavy atom. The Balaban J connectivity index is 2.83. The summed E-state index contributed by atoms with van der Waals surface area (Å²) < 4.78 is 30.0. The molecule has 0 heterocycles. The molecule has 1 aromatic rings. The first-order chi connectivity index (χ1) is 9.72. The molecule has 0 unspecified atom stereocenters. The Morgan fingerprint density at radius 2 is 1.67 bits per heavy atom. The van der Waals surface area contributed by atoms with Gasteiger partial charge >= 0.3 is 6.09 Å². The normalized spacial score (nSPS) is 12.0. The molecule has 0 saturated heterocycles. The third kappa shape index (κ3) is 5.04. The largest absolute Gasteiger partial charge is 0.442 e. The van der Waals surface area contributed by atoms with Crippen LogP contribution in [0.25, 0.3) is 0 Å². The SMILES string of the molecule is CCN(CC)C(=O)OC(C)(C)CS(=O)(=O)c1ccccc1. The van der Waals surface area contributed by atoms with Crippen molar-refractivity contribution < 1.29 is 17.9 Å². The van der Waals surface area contributed by atoms with Gasteiger partial charge in [-0.05, 0) is 39.8 Å². The van der Waals surface area contributed by atoms with Gasteiger partial charge in [0.15, 0.2) is 9.84 Å². The van der Waals surface area contributed by atoms with Crippen molar-refractivity contribution in [3.05, 3.63) is 30.3 Å². The number of carbonyl (C=O) groups is 1. The number of rotatable bonds is 6. The highest BCUT2D eigenvalue weighted by atomic mass is 32.2. The standard InChI is InChI=1S/C15H23NO4S/c1-5-16(6-2)14(17)20-15(3,4)12-21(18,19)13-10-8-7-9-11-13/h7-11H,5-6,12H2,1-4H3. The van der Waals surface area contributed by atoms with Gasteiger partial charge in [0.2, 0.25) is 0 Å². The van der Waals surface area contributed by atoms with Crippen LogP contribution in [0, 0.1) is 0 Å². The Kier molecular flexibility index (Phi) is 5.78. The predicted octanol–water partition coefficient (Wildman–Crippen LogP) is 2.72. The number of nitrogens with zero attached hydrogens (tertiary/aromatic N) is 1. The molecule has 0 radical (unpaired) electrons. The molecule has 0 spiro atoms. The van der Waals surface area contributed by atoms with Crippen LogP contribution in [-0.2, 0) is 14.6 Å². The molecule has 1 rings (SSSR count). The highest BCUT2D eigenvalue weighted by Crippen LogP contribution is 2.20. The zero-order chi connectivity index (χ0) is 16.1. The van der Waals surface area contributed by atoms with E-state index in [4.69, 9.17) is 4.74 Å². The highest BCUT2D eigenvalue weighted by molar-refractivity contribution is 7.91. The maximum atomic E-state index is 12.3. The Bertz CT molecular complexity index is 563. The van der Waals surface area contributed by atoms with E-state index in [1.807, 2.05) is 13.8 Å². The summed E-state index contributed by atoms with van der Waals surface area (Å²) >= 11 is 0. The van der Waals surface area contributed by atoms with Crippen LogP contribution < -0.4 is 0 Å². The first-order valence-electron chi connectivity index (χ1n) is 6.97. The topological polar surface area (TPSA) is 63.7 Å². The summed E-state index contributed by atoms with van der Waals surface area (Å²) in [6, 6.07) is 8.17. The first kappa shape index (κ1) is 17.5. The van der Waals surface area contributed by atoms with Gasteiger partial charge in [-0.15, -0.1) is 0 Å². The van der Waals surface area contributed by atoms with E-state index < -0.39 is 21.5 Å². The fourth-order valence-corrected chi connectivity index (χ4v) is 3.69. The molecule has 21 heavy (non-hydrogen) atoms. The van der Waals surface area contributed by atoms with Crippen LogP contribution in [0.2, 0.25) is 0 Å². The van der Waals surface area contributed by atoms with E-state index in [1.54, 1.807) is 32.0 Å². The third-order valence-electron chi connectivity index (χ3n) is 3.03. The van der Waals surface area contributed by atoms with Crippen molar-refractivity contribution in [1.29, 1.82) is 0 Å². The molecule has 0 bridgehead atoms. The van der Waals surface area contributed by atoms with Gasteiger partial charge in [-0.2, -0.15) is 0 Å². The second kappa shape index (κ2) is 6.93. The molecule has 0 saturated carbocycles. The minimum atomic E-state index is -3.50. The van der Waals surface area contributed by atoms with E-state index in [0.717, 1.165) is 0 Å². The molecule has 0 aliphatic carbocycles. The van der Waals surface area contributed by atoms with Gasteiger partial charge in [-0.3, -0.25) is 0 Å². The van der Waals surface area contributed by atoms with Gasteiger partial charge in [-0.1, -0.05) is 18.2 Å². The molecular weight excluding hydrogens is 290 g/mol. The second-order valence-corrected chi connectivity index (χ2v) is 7.36. The number of carbonyl (C=O) groups excluding carboxylic acids is 1. The predicted molar refractivity (Wildman–Crippen MR) is 82.0 cm³/mol. The van der Waals surface area contributed by atoms with Crippen molar-refractivity contribution in [2.75, 3.05) is 18.8 Å². The Hall–Kier alpha value is -1.56. The van der Waals surface area contributed by atoms with Crippen LogP contribution in [-0.4, -0.2) is 43.9 Å². The van der Waals surface area contributed by atoms with Crippen LogP contribution in [0.1, 0.15) is 27.7 Å². The minimum Gasteiger partial charge on any atom is -0.442 e. The lowest BCUT2D eigenvalue weighted by Crippen LogP contribution is -2.41. The molecule has 1 aromatic carbocycles. The smallest absolute Gasteiger partial charge is 0.410 e. The molecule has 5 nitrogen and oxygen atoms in total. The summed E-state index contributed by atoms with van der Waals surface area (Å²) in [7, 11) is -3.50. The van der Waals surface area contributed by atoms with Gasteiger partial charge in [0.1, 0.15) is 5.60 Å². The van der Waals surface area contributed by atoms with Crippen molar-refractivity contribution in [3.8, 4) is 0 Å². The maximum Gasteiger partial charge on any atom is 0.410 e. The summed E-state index contributed by atoms with van der Waals surface area (Å²) in [6.07, 6.45) is -0.492. The van der Waals surface area contributed by atoms with Crippen molar-refractivity contribution in [2.24, 2.45) is 0 Å². The number of sulfone groups is 1. The fraction of sp³-hybridized carbons (Fsp3) is 0.533. The zero-order valence-corrected chi connectivity index (χ0v) is 13.8. The molecule has 0 atom stereocenters. The summed E-state index contributed by atoms with van der Waals surface area (Å²) in [6.45, 7) is 7.95. The van der Waals surface area contributed by atoms with Gasteiger partial charge in [0, 0.05) is 13.1 Å². The van der Waals surface area contributed by atoms with Crippen LogP contribution in [0.4, 0.5) is 4.79 Å². The second-order valence-electron chi connectivity index (χ2n) is 5.37. The molecule has 0 aliphatic heterocycles. The molecule has 0 fully saturated rings. The van der Waals surface area contributed by atoms with Gasteiger partial charge in [0.05, 0.1) is 10.6 Å². The molecule has 0 aromatic heterocycles. The van der Waals surface area contributed by atoms with E-state index in [-0.39, 0.29) is 10.6 Å². The van der Waals surface area contributed by atoms with Crippen LogP contribution >= 0.6 is 0 Å². The number of benzene rings is 1. The Labute approximate surface area is 126 Å². The lowest BCUT2D eigenvalue weighted by Gasteiger charge is -2.28. The molecule has 118 valence electrons. The number of ether oxygens (including phenoxy) is 1. The lowest BCUT2D eigenvalue weighted by molar-refractivity contribution is 0.0290. The van der Waals surface area contributed by atoms with E-state index in [1.165, 1.54) is 17.0 Å². The average Bonchev–Trinajstić information content (AvgIpc) is 2.39. The monoisotopic (exact) mass is 313 g/mol. The van der Waals surface area contributed by atoms with Crippen molar-refractivity contribution in [1.82, 2.24) is 4.90 Å². The Morgan fingerprint density at radius 3 is 2.14 bits per heavy atom. The maximum absolute atomic E-state index is 12.3. The molecule has 6 heteroatoms. The van der Waals surface area contributed by atoms with Crippen molar-refractivity contribution in [3.63, 3.8) is 0 Å². The fourth-order valence-electron chi connectivity index (χ4n) is 1.98. The van der Waals surface area contributed by atoms with E-state index >= 15 is 0 Å². The third-order valence-corrected chi connectivity index (χ3v) is 5.09. The summed E-state index contributed by atoms with van der Waals surface area (Å²) in [5, 5.41) is 0. The zero-order valence-electron chi connectivity index (χ0n) is 13.0. The molecule has 1 amide bonds. The average molecular weight is 313 g/mol. The van der Waals surface area contributed by atoms with Gasteiger partial charge in [-0.25, -0.2) is 13.2 Å². The van der Waals surface area contributed by atoms with Gasteiger partial charge < -0.3 is 9.64 Å². The summed E-state index contributed by atoms with van der Waals surface area (Å²) in [4.78, 5) is 13.7. The van der Waals surface area contributed by atoms with E-state index in [0.29, 0.717) is 13.1 Å². The highest BCUT2D eigenvalue weighted by Gasteiger charge is 2.32. The first-order valence-corrected chi connectivity index (χ1v) is 8.63. The quantitative estimate of drug-likeness (QED) is 0.810. The van der Waals surface area contributed by atoms with Crippen molar-refractivity contribution >= 4 is 15.9 Å². The molecule has 0 N–H and O–H groups in total. The number of hydrogen-bond donors (Lipinski definition) is 0. The lowest BCUT2D eigenvalue weighted by atomic mass is 10.2. The van der Waals surface area contributed by atoms with E-state index in [2.05, 4.69) is 0 Å². The number of hydrogen-bond acceptors (Lipinski definition) is 4. The van der Waals surface area contributed by atoms with Crippen LogP contribution in [0.15, 0.2) is 35.2 Å². The molecule has 0 aliphatic rings. The summed E-state index contributed by atoms with van der Waals surface area (Å²) in [5.41, 5.74) is -1.09. The number of amides is 1.